The van der Waals surface area contributed by atoms with E-state index in [1.165, 1.54) is 18.6 Å². The lowest BCUT2D eigenvalue weighted by atomic mass is 9.93. The molecule has 0 atom stereocenters. The van der Waals surface area contributed by atoms with Crippen LogP contribution >= 0.6 is 0 Å². The Hall–Kier alpha value is -1.70. The van der Waals surface area contributed by atoms with Crippen LogP contribution in [-0.2, 0) is 6.18 Å². The average molecular weight is 296 g/mol. The molecule has 5 heteroatoms. The van der Waals surface area contributed by atoms with E-state index in [0.29, 0.717) is 11.7 Å². The van der Waals surface area contributed by atoms with Crippen LogP contribution < -0.4 is 4.90 Å². The molecule has 1 fully saturated rings. The van der Waals surface area contributed by atoms with Gasteiger partial charge in [-0.3, -0.25) is 0 Å². The lowest BCUT2D eigenvalue weighted by Gasteiger charge is -2.35. The third-order valence-electron chi connectivity index (χ3n) is 4.12. The van der Waals surface area contributed by atoms with Gasteiger partial charge in [-0.05, 0) is 38.0 Å². The van der Waals surface area contributed by atoms with Crippen molar-refractivity contribution in [1.29, 1.82) is 5.26 Å². The molecular formula is C16H19F3N2. The average Bonchev–Trinajstić information content (AvgIpc) is 2.48. The Morgan fingerprint density at radius 1 is 1.24 bits per heavy atom. The van der Waals surface area contributed by atoms with Gasteiger partial charge in [0, 0.05) is 18.3 Å². The Bertz CT molecular complexity index is 525. The highest BCUT2D eigenvalue weighted by molar-refractivity contribution is 5.56. The van der Waals surface area contributed by atoms with Crippen LogP contribution in [0.4, 0.5) is 18.9 Å². The first kappa shape index (κ1) is 15.7. The highest BCUT2D eigenvalue weighted by Gasteiger charge is 2.34. The van der Waals surface area contributed by atoms with E-state index in [1.807, 2.05) is 6.92 Å². The van der Waals surface area contributed by atoms with Gasteiger partial charge in [0.2, 0.25) is 0 Å². The number of rotatable bonds is 3. The molecule has 0 saturated heterocycles. The summed E-state index contributed by atoms with van der Waals surface area (Å²) in [5.74, 6) is 0. The van der Waals surface area contributed by atoms with Gasteiger partial charge in [0.05, 0.1) is 17.2 Å². The van der Waals surface area contributed by atoms with Crippen molar-refractivity contribution in [2.45, 2.75) is 51.2 Å². The summed E-state index contributed by atoms with van der Waals surface area (Å²) in [6.07, 6.45) is 1.20. The van der Waals surface area contributed by atoms with Crippen LogP contribution in [-0.4, -0.2) is 12.6 Å². The van der Waals surface area contributed by atoms with Crippen LogP contribution in [0.2, 0.25) is 0 Å². The van der Waals surface area contributed by atoms with Crippen LogP contribution in [0, 0.1) is 11.3 Å². The maximum Gasteiger partial charge on any atom is 0.417 e. The third kappa shape index (κ3) is 3.49. The molecule has 0 radical (unpaired) electrons. The number of halogens is 3. The maximum atomic E-state index is 12.8. The Morgan fingerprint density at radius 2 is 1.90 bits per heavy atom. The van der Waals surface area contributed by atoms with Gasteiger partial charge in [0.25, 0.3) is 0 Å². The summed E-state index contributed by atoms with van der Waals surface area (Å²) < 4.78 is 38.5. The van der Waals surface area contributed by atoms with Crippen molar-refractivity contribution in [3.05, 3.63) is 29.3 Å². The van der Waals surface area contributed by atoms with Crippen molar-refractivity contribution < 1.29 is 13.2 Å². The summed E-state index contributed by atoms with van der Waals surface area (Å²) >= 11 is 0. The summed E-state index contributed by atoms with van der Waals surface area (Å²) in [5, 5.41) is 9.00. The van der Waals surface area contributed by atoms with E-state index in [4.69, 9.17) is 5.26 Å². The quantitative estimate of drug-likeness (QED) is 0.805. The number of anilines is 1. The molecule has 0 amide bonds. The number of benzene rings is 1. The molecule has 0 aromatic heterocycles. The molecule has 21 heavy (non-hydrogen) atoms. The molecule has 0 spiro atoms. The van der Waals surface area contributed by atoms with Gasteiger partial charge in [-0.1, -0.05) is 19.3 Å². The van der Waals surface area contributed by atoms with Crippen LogP contribution in [0.15, 0.2) is 18.2 Å². The fourth-order valence-corrected chi connectivity index (χ4v) is 3.09. The predicted octanol–water partition coefficient (Wildman–Crippen LogP) is 4.74. The van der Waals surface area contributed by atoms with Crippen molar-refractivity contribution in [3.8, 4) is 6.07 Å². The molecule has 1 saturated carbocycles. The van der Waals surface area contributed by atoms with E-state index in [9.17, 15) is 13.2 Å². The molecule has 1 aromatic rings. The third-order valence-corrected chi connectivity index (χ3v) is 4.12. The highest BCUT2D eigenvalue weighted by atomic mass is 19.4. The fraction of sp³-hybridized carbons (Fsp3) is 0.562. The zero-order valence-corrected chi connectivity index (χ0v) is 12.1. The molecule has 0 bridgehead atoms. The SMILES string of the molecule is CCN(c1ccc(C(F)(F)F)c(C#N)c1)C1CCCCC1. The van der Waals surface area contributed by atoms with E-state index in [1.54, 1.807) is 6.07 Å². The van der Waals surface area contributed by atoms with E-state index < -0.39 is 11.7 Å². The summed E-state index contributed by atoms with van der Waals surface area (Å²) in [6.45, 7) is 2.74. The monoisotopic (exact) mass is 296 g/mol. The Labute approximate surface area is 123 Å². The minimum atomic E-state index is -4.48. The Morgan fingerprint density at radius 3 is 2.43 bits per heavy atom. The topological polar surface area (TPSA) is 27.0 Å². The number of alkyl halides is 3. The van der Waals surface area contributed by atoms with E-state index in [0.717, 1.165) is 38.3 Å². The fourth-order valence-electron chi connectivity index (χ4n) is 3.09. The second kappa shape index (κ2) is 6.38. The predicted molar refractivity (Wildman–Crippen MR) is 76.1 cm³/mol. The summed E-state index contributed by atoms with van der Waals surface area (Å²) in [7, 11) is 0. The molecule has 114 valence electrons. The van der Waals surface area contributed by atoms with Gasteiger partial charge in [-0.15, -0.1) is 0 Å². The van der Waals surface area contributed by atoms with Crippen molar-refractivity contribution in [3.63, 3.8) is 0 Å². The van der Waals surface area contributed by atoms with Crippen molar-refractivity contribution in [2.75, 3.05) is 11.4 Å². The Balaban J connectivity index is 2.32. The minimum Gasteiger partial charge on any atom is -0.369 e. The molecule has 1 aromatic carbocycles. The largest absolute Gasteiger partial charge is 0.417 e. The van der Waals surface area contributed by atoms with Crippen LogP contribution in [0.3, 0.4) is 0 Å². The van der Waals surface area contributed by atoms with Crippen molar-refractivity contribution in [2.24, 2.45) is 0 Å². The lowest BCUT2D eigenvalue weighted by Crippen LogP contribution is -2.36. The first-order chi connectivity index (χ1) is 9.97. The smallest absolute Gasteiger partial charge is 0.369 e. The maximum absolute atomic E-state index is 12.8. The molecule has 0 aliphatic heterocycles. The number of nitrogens with zero attached hydrogens (tertiary/aromatic N) is 2. The summed E-state index contributed by atoms with van der Waals surface area (Å²) in [6, 6.07) is 5.94. The first-order valence-electron chi connectivity index (χ1n) is 7.35. The van der Waals surface area contributed by atoms with E-state index >= 15 is 0 Å². The van der Waals surface area contributed by atoms with Crippen LogP contribution in [0.1, 0.15) is 50.2 Å². The normalized spacial score (nSPS) is 16.5. The molecule has 2 rings (SSSR count). The van der Waals surface area contributed by atoms with Gasteiger partial charge in [-0.2, -0.15) is 18.4 Å². The van der Waals surface area contributed by atoms with Gasteiger partial charge >= 0.3 is 6.18 Å². The number of hydrogen-bond acceptors (Lipinski definition) is 2. The molecule has 1 aliphatic rings. The van der Waals surface area contributed by atoms with Crippen LogP contribution in [0.25, 0.3) is 0 Å². The molecule has 1 aliphatic carbocycles. The van der Waals surface area contributed by atoms with Crippen molar-refractivity contribution >= 4 is 5.69 Å². The molecule has 0 unspecified atom stereocenters. The standard InChI is InChI=1S/C16H19F3N2/c1-2-21(13-6-4-3-5-7-13)14-8-9-15(16(17,18)19)12(10-14)11-20/h8-10,13H,2-7H2,1H3. The number of nitriles is 1. The first-order valence-corrected chi connectivity index (χ1v) is 7.35. The Kier molecular flexibility index (Phi) is 4.76. The van der Waals surface area contributed by atoms with E-state index in [2.05, 4.69) is 4.90 Å². The molecular weight excluding hydrogens is 277 g/mol. The van der Waals surface area contributed by atoms with Gasteiger partial charge in [0.1, 0.15) is 0 Å². The van der Waals surface area contributed by atoms with E-state index in [-0.39, 0.29) is 5.56 Å². The summed E-state index contributed by atoms with van der Waals surface area (Å²) in [5.41, 5.74) is -0.434. The number of hydrogen-bond donors (Lipinski definition) is 0. The van der Waals surface area contributed by atoms with Gasteiger partial charge in [-0.25, -0.2) is 0 Å². The lowest BCUT2D eigenvalue weighted by molar-refractivity contribution is -0.137. The van der Waals surface area contributed by atoms with Gasteiger partial charge in [0.15, 0.2) is 0 Å². The molecule has 0 N–H and O–H groups in total. The van der Waals surface area contributed by atoms with Crippen LogP contribution in [0.5, 0.6) is 0 Å². The minimum absolute atomic E-state index is 0.297. The zero-order chi connectivity index (χ0) is 15.5. The second-order valence-corrected chi connectivity index (χ2v) is 5.42. The highest BCUT2D eigenvalue weighted by Crippen LogP contribution is 2.35. The molecule has 0 heterocycles. The summed E-state index contributed by atoms with van der Waals surface area (Å²) in [4.78, 5) is 2.13. The second-order valence-electron chi connectivity index (χ2n) is 5.42. The molecule has 2 nitrogen and oxygen atoms in total. The van der Waals surface area contributed by atoms with Crippen molar-refractivity contribution in [1.82, 2.24) is 0 Å². The zero-order valence-electron chi connectivity index (χ0n) is 12.1. The van der Waals surface area contributed by atoms with Gasteiger partial charge < -0.3 is 4.90 Å².